The molecular formula is C15H18N4O2. The topological polar surface area (TPSA) is 79.5 Å². The standard InChI is InChI=1S/C15H18N4O2/c1-8-4-11-16-7-17-19(11)12(5-8)18-14-10-3-2-9(6-10)13(14)15(20)21/h4-5,7,9-10,13-14,18H,2-3,6H2,1H3,(H,20,21). The highest BCUT2D eigenvalue weighted by molar-refractivity contribution is 5.73. The summed E-state index contributed by atoms with van der Waals surface area (Å²) >= 11 is 0. The molecule has 4 atom stereocenters. The van der Waals surface area contributed by atoms with Gasteiger partial charge in [-0.15, -0.1) is 0 Å². The van der Waals surface area contributed by atoms with E-state index in [9.17, 15) is 9.90 Å². The first-order valence-electron chi connectivity index (χ1n) is 7.43. The minimum absolute atomic E-state index is 0.00421. The van der Waals surface area contributed by atoms with E-state index in [4.69, 9.17) is 0 Å². The van der Waals surface area contributed by atoms with E-state index in [1.165, 1.54) is 6.33 Å². The Morgan fingerprint density at radius 2 is 2.19 bits per heavy atom. The number of pyridine rings is 1. The summed E-state index contributed by atoms with van der Waals surface area (Å²) in [5.74, 6) is 0.646. The van der Waals surface area contributed by atoms with Crippen LogP contribution in [0.1, 0.15) is 24.8 Å². The zero-order chi connectivity index (χ0) is 14.6. The zero-order valence-corrected chi connectivity index (χ0v) is 11.9. The maximum Gasteiger partial charge on any atom is 0.308 e. The predicted octanol–water partition coefficient (Wildman–Crippen LogP) is 1.95. The molecular weight excluding hydrogens is 268 g/mol. The van der Waals surface area contributed by atoms with E-state index in [1.54, 1.807) is 4.52 Å². The van der Waals surface area contributed by atoms with Crippen molar-refractivity contribution >= 4 is 17.4 Å². The van der Waals surface area contributed by atoms with Crippen molar-refractivity contribution in [1.82, 2.24) is 14.6 Å². The highest BCUT2D eigenvalue weighted by Gasteiger charge is 2.51. The Kier molecular flexibility index (Phi) is 2.67. The van der Waals surface area contributed by atoms with E-state index in [0.29, 0.717) is 11.8 Å². The number of hydrogen-bond donors (Lipinski definition) is 2. The Morgan fingerprint density at radius 1 is 1.38 bits per heavy atom. The molecule has 2 fully saturated rings. The van der Waals surface area contributed by atoms with Gasteiger partial charge in [0, 0.05) is 6.04 Å². The fraction of sp³-hybridized carbons (Fsp3) is 0.533. The average Bonchev–Trinajstić information content (AvgIpc) is 3.11. The van der Waals surface area contributed by atoms with Gasteiger partial charge in [0.15, 0.2) is 5.65 Å². The lowest BCUT2D eigenvalue weighted by atomic mass is 9.84. The van der Waals surface area contributed by atoms with E-state index < -0.39 is 5.97 Å². The number of carboxylic acids is 1. The molecule has 2 heterocycles. The Morgan fingerprint density at radius 3 is 3.00 bits per heavy atom. The third-order valence-electron chi connectivity index (χ3n) is 5.04. The molecule has 6 heteroatoms. The van der Waals surface area contributed by atoms with E-state index in [-0.39, 0.29) is 12.0 Å². The highest BCUT2D eigenvalue weighted by Crippen LogP contribution is 2.49. The molecule has 4 unspecified atom stereocenters. The van der Waals surface area contributed by atoms with Crippen molar-refractivity contribution in [1.29, 1.82) is 0 Å². The summed E-state index contributed by atoms with van der Waals surface area (Å²) in [7, 11) is 0. The van der Waals surface area contributed by atoms with Crippen LogP contribution in [0.5, 0.6) is 0 Å². The number of nitrogens with zero attached hydrogens (tertiary/aromatic N) is 3. The molecule has 0 amide bonds. The van der Waals surface area contributed by atoms with Crippen molar-refractivity contribution in [3.8, 4) is 0 Å². The van der Waals surface area contributed by atoms with Gasteiger partial charge in [-0.25, -0.2) is 4.98 Å². The van der Waals surface area contributed by atoms with Gasteiger partial charge in [0.1, 0.15) is 12.1 Å². The summed E-state index contributed by atoms with van der Waals surface area (Å²) in [5, 5.41) is 17.2. The van der Waals surface area contributed by atoms with Gasteiger partial charge in [0.25, 0.3) is 0 Å². The maximum absolute atomic E-state index is 11.6. The third-order valence-corrected chi connectivity index (χ3v) is 5.04. The molecule has 2 N–H and O–H groups in total. The largest absolute Gasteiger partial charge is 0.481 e. The SMILES string of the molecule is Cc1cc(NC2C3CCC(C3)C2C(=O)O)n2ncnc2c1. The normalized spacial score (nSPS) is 30.9. The molecule has 0 aromatic carbocycles. The van der Waals surface area contributed by atoms with Crippen molar-refractivity contribution in [2.24, 2.45) is 17.8 Å². The van der Waals surface area contributed by atoms with Gasteiger partial charge in [0.05, 0.1) is 5.92 Å². The smallest absolute Gasteiger partial charge is 0.308 e. The van der Waals surface area contributed by atoms with Crippen LogP contribution in [-0.2, 0) is 4.79 Å². The molecule has 0 radical (unpaired) electrons. The molecule has 21 heavy (non-hydrogen) atoms. The summed E-state index contributed by atoms with van der Waals surface area (Å²) in [6.07, 6.45) is 4.72. The molecule has 6 nitrogen and oxygen atoms in total. The van der Waals surface area contributed by atoms with Crippen molar-refractivity contribution in [3.63, 3.8) is 0 Å². The van der Waals surface area contributed by atoms with Gasteiger partial charge in [0.2, 0.25) is 0 Å². The van der Waals surface area contributed by atoms with Crippen LogP contribution in [0.3, 0.4) is 0 Å². The number of rotatable bonds is 3. The van der Waals surface area contributed by atoms with E-state index in [0.717, 1.165) is 36.3 Å². The summed E-state index contributed by atoms with van der Waals surface area (Å²) in [5.41, 5.74) is 1.88. The number of hydrogen-bond acceptors (Lipinski definition) is 4. The van der Waals surface area contributed by atoms with Crippen LogP contribution in [0, 0.1) is 24.7 Å². The van der Waals surface area contributed by atoms with Crippen molar-refractivity contribution in [2.75, 3.05) is 5.32 Å². The highest BCUT2D eigenvalue weighted by atomic mass is 16.4. The quantitative estimate of drug-likeness (QED) is 0.901. The number of aliphatic carboxylic acids is 1. The number of carbonyl (C=O) groups is 1. The first-order valence-corrected chi connectivity index (χ1v) is 7.43. The van der Waals surface area contributed by atoms with Crippen LogP contribution in [-0.4, -0.2) is 31.7 Å². The van der Waals surface area contributed by atoms with Crippen LogP contribution < -0.4 is 5.32 Å². The van der Waals surface area contributed by atoms with Gasteiger partial charge in [-0.3, -0.25) is 4.79 Å². The molecule has 4 rings (SSSR count). The molecule has 0 spiro atoms. The fourth-order valence-electron chi connectivity index (χ4n) is 4.18. The lowest BCUT2D eigenvalue weighted by Gasteiger charge is -2.29. The van der Waals surface area contributed by atoms with Crippen LogP contribution >= 0.6 is 0 Å². The fourth-order valence-corrected chi connectivity index (χ4v) is 4.18. The lowest BCUT2D eigenvalue weighted by Crippen LogP contribution is -2.39. The summed E-state index contributed by atoms with van der Waals surface area (Å²) < 4.78 is 1.75. The third kappa shape index (κ3) is 1.89. The lowest BCUT2D eigenvalue weighted by molar-refractivity contribution is -0.143. The molecule has 2 aromatic heterocycles. The second-order valence-corrected chi connectivity index (χ2v) is 6.32. The molecule has 110 valence electrons. The second kappa shape index (κ2) is 4.44. The minimum atomic E-state index is -0.679. The van der Waals surface area contributed by atoms with Gasteiger partial charge < -0.3 is 10.4 Å². The summed E-state index contributed by atoms with van der Waals surface area (Å²) in [6, 6.07) is 3.97. The number of aromatic nitrogens is 3. The number of aryl methyl sites for hydroxylation is 1. The average molecular weight is 286 g/mol. The number of carboxylic acid groups (broad SMARTS) is 1. The Balaban J connectivity index is 1.71. The Bertz CT molecular complexity index is 711. The molecule has 0 saturated heterocycles. The van der Waals surface area contributed by atoms with Crippen LogP contribution in [0.2, 0.25) is 0 Å². The van der Waals surface area contributed by atoms with Crippen LogP contribution in [0.4, 0.5) is 5.82 Å². The molecule has 2 aliphatic carbocycles. The van der Waals surface area contributed by atoms with E-state index >= 15 is 0 Å². The van der Waals surface area contributed by atoms with Gasteiger partial charge in [-0.05, 0) is 55.7 Å². The maximum atomic E-state index is 11.6. The number of fused-ring (bicyclic) bond motifs is 3. The predicted molar refractivity (Wildman–Crippen MR) is 77.1 cm³/mol. The minimum Gasteiger partial charge on any atom is -0.481 e. The molecule has 2 aromatic rings. The Labute approximate surface area is 122 Å². The Hall–Kier alpha value is -2.11. The molecule has 2 saturated carbocycles. The van der Waals surface area contributed by atoms with Crippen LogP contribution in [0.25, 0.3) is 5.65 Å². The monoisotopic (exact) mass is 286 g/mol. The first-order chi connectivity index (χ1) is 10.1. The van der Waals surface area contributed by atoms with Crippen molar-refractivity contribution in [3.05, 3.63) is 24.0 Å². The number of nitrogens with one attached hydrogen (secondary N) is 1. The van der Waals surface area contributed by atoms with Gasteiger partial charge >= 0.3 is 5.97 Å². The molecule has 0 aliphatic heterocycles. The molecule has 2 bridgehead atoms. The van der Waals surface area contributed by atoms with E-state index in [1.807, 2.05) is 19.1 Å². The first kappa shape index (κ1) is 12.6. The van der Waals surface area contributed by atoms with Crippen LogP contribution in [0.15, 0.2) is 18.5 Å². The zero-order valence-electron chi connectivity index (χ0n) is 11.9. The molecule has 2 aliphatic rings. The van der Waals surface area contributed by atoms with Crippen molar-refractivity contribution < 1.29 is 9.90 Å². The number of anilines is 1. The van der Waals surface area contributed by atoms with Crippen molar-refractivity contribution in [2.45, 2.75) is 32.2 Å². The van der Waals surface area contributed by atoms with Gasteiger partial charge in [-0.1, -0.05) is 0 Å². The van der Waals surface area contributed by atoms with Gasteiger partial charge in [-0.2, -0.15) is 9.61 Å². The summed E-state index contributed by atoms with van der Waals surface area (Å²) in [4.78, 5) is 15.8. The van der Waals surface area contributed by atoms with E-state index in [2.05, 4.69) is 15.4 Å². The second-order valence-electron chi connectivity index (χ2n) is 6.32. The summed E-state index contributed by atoms with van der Waals surface area (Å²) in [6.45, 7) is 2.01.